The van der Waals surface area contributed by atoms with Gasteiger partial charge in [0.2, 0.25) is 0 Å². The third kappa shape index (κ3) is 3.82. The van der Waals surface area contributed by atoms with Gasteiger partial charge >= 0.3 is 0 Å². The van der Waals surface area contributed by atoms with Crippen molar-refractivity contribution >= 4 is 11.3 Å². The fourth-order valence-corrected chi connectivity index (χ4v) is 3.35. The molecule has 7 nitrogen and oxygen atoms in total. The molecule has 0 saturated heterocycles. The highest BCUT2D eigenvalue weighted by atomic mass is 16.5. The summed E-state index contributed by atoms with van der Waals surface area (Å²) in [4.78, 5) is 4.64. The summed E-state index contributed by atoms with van der Waals surface area (Å²) in [5.74, 6) is 2.00. The third-order valence-corrected chi connectivity index (χ3v) is 4.70. The van der Waals surface area contributed by atoms with Crippen molar-refractivity contribution in [2.24, 2.45) is 0 Å². The summed E-state index contributed by atoms with van der Waals surface area (Å²) in [6.45, 7) is 6.97. The summed E-state index contributed by atoms with van der Waals surface area (Å²) < 4.78 is 13.3. The number of aromatic nitrogens is 3. The number of aliphatic hydroxyl groups excluding tert-OH is 1. The van der Waals surface area contributed by atoms with Crippen molar-refractivity contribution in [3.05, 3.63) is 65.3 Å². The normalized spacial score (nSPS) is 11.2. The first-order valence-electron chi connectivity index (χ1n) is 9.60. The van der Waals surface area contributed by atoms with Crippen LogP contribution in [0.15, 0.2) is 47.0 Å². The maximum absolute atomic E-state index is 9.24. The van der Waals surface area contributed by atoms with Gasteiger partial charge in [0.05, 0.1) is 18.5 Å². The van der Waals surface area contributed by atoms with Crippen molar-refractivity contribution in [3.8, 4) is 17.1 Å². The van der Waals surface area contributed by atoms with Crippen molar-refractivity contribution in [2.45, 2.75) is 33.9 Å². The molecule has 0 bridgehead atoms. The Morgan fingerprint density at radius 2 is 2.03 bits per heavy atom. The molecule has 0 spiro atoms. The Bertz CT molecular complexity index is 1150. The molecular formula is C22H24N4O3. The first-order valence-corrected chi connectivity index (χ1v) is 9.60. The number of benzene rings is 1. The number of fused-ring (bicyclic) bond motifs is 1. The molecule has 0 aliphatic heterocycles. The van der Waals surface area contributed by atoms with Crippen molar-refractivity contribution in [1.29, 1.82) is 0 Å². The minimum Gasteiger partial charge on any atom is -0.492 e. The smallest absolute Gasteiger partial charge is 0.160 e. The van der Waals surface area contributed by atoms with Crippen LogP contribution >= 0.6 is 0 Å². The van der Waals surface area contributed by atoms with Gasteiger partial charge in [-0.25, -0.2) is 9.50 Å². The highest BCUT2D eigenvalue weighted by molar-refractivity contribution is 5.69. The second-order valence-electron chi connectivity index (χ2n) is 6.87. The van der Waals surface area contributed by atoms with E-state index in [4.69, 9.17) is 9.15 Å². The van der Waals surface area contributed by atoms with Crippen LogP contribution in [0.4, 0.5) is 5.69 Å². The first-order chi connectivity index (χ1) is 14.1. The van der Waals surface area contributed by atoms with E-state index < -0.39 is 0 Å². The molecule has 7 heteroatoms. The average molecular weight is 392 g/mol. The van der Waals surface area contributed by atoms with E-state index >= 15 is 0 Å². The summed E-state index contributed by atoms with van der Waals surface area (Å²) in [5, 5.41) is 17.1. The number of nitrogens with zero attached hydrogens (tertiary/aromatic N) is 3. The lowest BCUT2D eigenvalue weighted by molar-refractivity contribution is 0.248. The van der Waals surface area contributed by atoms with E-state index in [2.05, 4.69) is 15.4 Å². The second-order valence-corrected chi connectivity index (χ2v) is 6.87. The Morgan fingerprint density at radius 3 is 2.79 bits per heavy atom. The van der Waals surface area contributed by atoms with Crippen LogP contribution in [0.1, 0.15) is 29.6 Å². The van der Waals surface area contributed by atoms with Crippen LogP contribution in [0, 0.1) is 13.8 Å². The Kier molecular flexibility index (Phi) is 5.22. The predicted octanol–water partition coefficient (Wildman–Crippen LogP) is 4.11. The number of aliphatic hydroxyl groups is 1. The summed E-state index contributed by atoms with van der Waals surface area (Å²) in [6, 6.07) is 11.5. The van der Waals surface area contributed by atoms with Crippen LogP contribution in [-0.2, 0) is 13.2 Å². The fraction of sp³-hybridized carbons (Fsp3) is 0.273. The zero-order chi connectivity index (χ0) is 20.4. The lowest BCUT2D eigenvalue weighted by Gasteiger charge is -2.13. The van der Waals surface area contributed by atoms with E-state index in [1.165, 1.54) is 0 Å². The van der Waals surface area contributed by atoms with E-state index in [0.29, 0.717) is 24.7 Å². The largest absolute Gasteiger partial charge is 0.492 e. The summed E-state index contributed by atoms with van der Waals surface area (Å²) >= 11 is 0. The van der Waals surface area contributed by atoms with Gasteiger partial charge in [-0.2, -0.15) is 5.10 Å². The Morgan fingerprint density at radius 1 is 1.17 bits per heavy atom. The Labute approximate surface area is 169 Å². The lowest BCUT2D eigenvalue weighted by Crippen LogP contribution is -2.04. The molecule has 4 aromatic rings. The number of rotatable bonds is 7. The molecule has 2 N–H and O–H groups in total. The van der Waals surface area contributed by atoms with Gasteiger partial charge in [-0.3, -0.25) is 0 Å². The molecule has 0 radical (unpaired) electrons. The highest BCUT2D eigenvalue weighted by Crippen LogP contribution is 2.32. The van der Waals surface area contributed by atoms with Crippen LogP contribution in [0.3, 0.4) is 0 Å². The molecule has 3 heterocycles. The molecule has 1 aromatic carbocycles. The Hall–Kier alpha value is -3.32. The maximum Gasteiger partial charge on any atom is 0.160 e. The molecule has 0 fully saturated rings. The minimum absolute atomic E-state index is 0.122. The van der Waals surface area contributed by atoms with Gasteiger partial charge in [-0.05, 0) is 57.2 Å². The average Bonchev–Trinajstić information content (AvgIpc) is 3.34. The number of hydrogen-bond donors (Lipinski definition) is 2. The zero-order valence-electron chi connectivity index (χ0n) is 16.8. The van der Waals surface area contributed by atoms with Crippen LogP contribution in [0.25, 0.3) is 17.0 Å². The molecular weight excluding hydrogens is 368 g/mol. The second kappa shape index (κ2) is 7.97. The third-order valence-electron chi connectivity index (χ3n) is 4.70. The topological polar surface area (TPSA) is 84.8 Å². The molecule has 0 saturated carbocycles. The molecule has 0 aliphatic carbocycles. The molecule has 3 aromatic heterocycles. The summed E-state index contributed by atoms with van der Waals surface area (Å²) in [6.07, 6.45) is 1.84. The number of ether oxygens (including phenoxy) is 1. The van der Waals surface area contributed by atoms with Gasteiger partial charge in [-0.1, -0.05) is 0 Å². The van der Waals surface area contributed by atoms with E-state index in [1.54, 1.807) is 6.07 Å². The Balaban J connectivity index is 1.64. The van der Waals surface area contributed by atoms with Gasteiger partial charge < -0.3 is 19.6 Å². The monoisotopic (exact) mass is 392 g/mol. The molecule has 150 valence electrons. The molecule has 4 rings (SSSR count). The van der Waals surface area contributed by atoms with Crippen molar-refractivity contribution < 1.29 is 14.3 Å². The SMILES string of the molecule is CCOc1ccc(-c2ccc(CO)o2)cc1NCc1cnn2c(C)cc(C)nc12. The standard InChI is InChI=1S/C22H24N4O3/c1-4-28-21-7-5-16(20-8-6-18(13-27)29-20)10-19(21)23-11-17-12-24-26-15(3)9-14(2)25-22(17)26/h5-10,12,23,27H,4,11,13H2,1-3H3. The molecule has 0 unspecified atom stereocenters. The van der Waals surface area contributed by atoms with E-state index in [9.17, 15) is 5.11 Å². The van der Waals surface area contributed by atoms with Crippen molar-refractivity contribution in [2.75, 3.05) is 11.9 Å². The van der Waals surface area contributed by atoms with E-state index in [-0.39, 0.29) is 6.61 Å². The molecule has 0 atom stereocenters. The van der Waals surface area contributed by atoms with Gasteiger partial charge in [0.15, 0.2) is 5.65 Å². The van der Waals surface area contributed by atoms with Crippen LogP contribution in [0.5, 0.6) is 5.75 Å². The number of aryl methyl sites for hydroxylation is 2. The predicted molar refractivity (Wildman–Crippen MR) is 111 cm³/mol. The summed E-state index contributed by atoms with van der Waals surface area (Å²) in [7, 11) is 0. The van der Waals surface area contributed by atoms with Gasteiger partial charge in [0, 0.05) is 29.1 Å². The molecule has 0 amide bonds. The van der Waals surface area contributed by atoms with Gasteiger partial charge in [0.1, 0.15) is 23.9 Å². The minimum atomic E-state index is -0.122. The van der Waals surface area contributed by atoms with Gasteiger partial charge in [0.25, 0.3) is 0 Å². The van der Waals surface area contributed by atoms with E-state index in [1.807, 2.05) is 61.8 Å². The highest BCUT2D eigenvalue weighted by Gasteiger charge is 2.12. The fourth-order valence-electron chi connectivity index (χ4n) is 3.35. The quantitative estimate of drug-likeness (QED) is 0.492. The lowest BCUT2D eigenvalue weighted by atomic mass is 10.1. The zero-order valence-corrected chi connectivity index (χ0v) is 16.8. The van der Waals surface area contributed by atoms with Gasteiger partial charge in [-0.15, -0.1) is 0 Å². The number of anilines is 1. The summed E-state index contributed by atoms with van der Waals surface area (Å²) in [5.41, 5.74) is 5.63. The first kappa shape index (κ1) is 19.0. The molecule has 0 aliphatic rings. The number of furan rings is 1. The van der Waals surface area contributed by atoms with Crippen LogP contribution in [0.2, 0.25) is 0 Å². The maximum atomic E-state index is 9.24. The number of nitrogens with one attached hydrogen (secondary N) is 1. The van der Waals surface area contributed by atoms with Crippen LogP contribution in [-0.4, -0.2) is 26.3 Å². The molecule has 29 heavy (non-hydrogen) atoms. The number of hydrogen-bond acceptors (Lipinski definition) is 6. The van der Waals surface area contributed by atoms with Crippen molar-refractivity contribution in [3.63, 3.8) is 0 Å². The van der Waals surface area contributed by atoms with E-state index in [0.717, 1.165) is 39.6 Å². The van der Waals surface area contributed by atoms with Crippen LogP contribution < -0.4 is 10.1 Å². The van der Waals surface area contributed by atoms with Crippen molar-refractivity contribution in [1.82, 2.24) is 14.6 Å².